The molecule has 0 saturated carbocycles. The van der Waals surface area contributed by atoms with Crippen LogP contribution in [0.3, 0.4) is 0 Å². The molecule has 0 aromatic heterocycles. The lowest BCUT2D eigenvalue weighted by Crippen LogP contribution is -2.49. The van der Waals surface area contributed by atoms with Gasteiger partial charge in [-0.15, -0.1) is 0 Å². The molecule has 0 N–H and O–H groups in total. The first-order valence-electron chi connectivity index (χ1n) is 3.00. The number of hydrogen-bond donors (Lipinski definition) is 0. The largest absolute Gasteiger partial charge is 0.333 e. The van der Waals surface area contributed by atoms with Gasteiger partial charge in [-0.1, -0.05) is 0 Å². The maximum absolute atomic E-state index is 10.6. The van der Waals surface area contributed by atoms with Crippen LogP contribution in [-0.4, -0.2) is 29.7 Å². The molecule has 1 aliphatic heterocycles. The molecule has 1 fully saturated rings. The molecule has 1 rings (SSSR count). The van der Waals surface area contributed by atoms with Gasteiger partial charge in [0.2, 0.25) is 5.91 Å². The van der Waals surface area contributed by atoms with Gasteiger partial charge in [-0.3, -0.25) is 4.79 Å². The molecule has 0 aliphatic carbocycles. The van der Waals surface area contributed by atoms with E-state index in [4.69, 9.17) is 0 Å². The van der Waals surface area contributed by atoms with Gasteiger partial charge in [-0.25, -0.2) is 0 Å². The maximum Gasteiger partial charge on any atom is 0.224 e. The van der Waals surface area contributed by atoms with Crippen LogP contribution in [0.4, 0.5) is 0 Å². The van der Waals surface area contributed by atoms with E-state index in [1.54, 1.807) is 11.8 Å². The zero-order chi connectivity index (χ0) is 6.85. The molecule has 3 nitrogen and oxygen atoms in total. The number of aldehydes is 1. The van der Waals surface area contributed by atoms with E-state index in [1.165, 1.54) is 0 Å². The summed E-state index contributed by atoms with van der Waals surface area (Å²) in [5.74, 6) is 0.0922. The molecule has 1 amide bonds. The normalized spacial score (nSPS) is 21.0. The van der Waals surface area contributed by atoms with E-state index in [1.807, 2.05) is 0 Å². The lowest BCUT2D eigenvalue weighted by atomic mass is 10.1. The number of rotatable bonds is 2. The Labute approximate surface area is 53.6 Å². The van der Waals surface area contributed by atoms with Crippen LogP contribution in [0.2, 0.25) is 0 Å². The number of β-lactam (4-membered cyclic amide) rings is 1. The highest BCUT2D eigenvalue weighted by Crippen LogP contribution is 2.10. The number of hydrogen-bond acceptors (Lipinski definition) is 2. The zero-order valence-electron chi connectivity index (χ0n) is 5.33. The number of carbonyl (C=O) groups is 2. The second kappa shape index (κ2) is 2.17. The van der Waals surface area contributed by atoms with Gasteiger partial charge in [0.1, 0.15) is 6.29 Å². The quantitative estimate of drug-likeness (QED) is 0.380. The fourth-order valence-electron chi connectivity index (χ4n) is 0.836. The van der Waals surface area contributed by atoms with Crippen molar-refractivity contribution in [2.24, 2.45) is 0 Å². The van der Waals surface area contributed by atoms with Gasteiger partial charge in [-0.2, -0.15) is 0 Å². The fourth-order valence-corrected chi connectivity index (χ4v) is 0.836. The third kappa shape index (κ3) is 0.943. The van der Waals surface area contributed by atoms with Crippen molar-refractivity contribution in [1.82, 2.24) is 4.90 Å². The van der Waals surface area contributed by atoms with Crippen LogP contribution in [0.15, 0.2) is 0 Å². The minimum Gasteiger partial charge on any atom is -0.333 e. The van der Waals surface area contributed by atoms with E-state index >= 15 is 0 Å². The van der Waals surface area contributed by atoms with Crippen molar-refractivity contribution in [2.45, 2.75) is 19.4 Å². The van der Waals surface area contributed by atoms with Crippen LogP contribution in [0.1, 0.15) is 13.3 Å². The van der Waals surface area contributed by atoms with Crippen molar-refractivity contribution >= 4 is 12.2 Å². The molecule has 3 heteroatoms. The van der Waals surface area contributed by atoms with Crippen molar-refractivity contribution in [1.29, 1.82) is 0 Å². The molecule has 1 atom stereocenters. The van der Waals surface area contributed by atoms with Gasteiger partial charge in [0.15, 0.2) is 0 Å². The molecule has 50 valence electrons. The molecular formula is C6H9NO2. The van der Waals surface area contributed by atoms with Crippen LogP contribution in [0.5, 0.6) is 0 Å². The molecule has 0 aromatic carbocycles. The van der Waals surface area contributed by atoms with E-state index < -0.39 is 0 Å². The topological polar surface area (TPSA) is 37.4 Å². The molecule has 0 spiro atoms. The smallest absolute Gasteiger partial charge is 0.224 e. The first-order valence-corrected chi connectivity index (χ1v) is 3.00. The van der Waals surface area contributed by atoms with Crippen LogP contribution < -0.4 is 0 Å². The van der Waals surface area contributed by atoms with Crippen molar-refractivity contribution in [3.63, 3.8) is 0 Å². The Kier molecular flexibility index (Phi) is 1.51. The Morgan fingerprint density at radius 1 is 1.78 bits per heavy atom. The lowest BCUT2D eigenvalue weighted by Gasteiger charge is -2.33. The van der Waals surface area contributed by atoms with Gasteiger partial charge >= 0.3 is 0 Å². The number of likely N-dealkylation sites (tertiary alicyclic amines) is 1. The van der Waals surface area contributed by atoms with E-state index in [9.17, 15) is 9.59 Å². The van der Waals surface area contributed by atoms with Gasteiger partial charge in [0, 0.05) is 13.0 Å². The average molecular weight is 127 g/mol. The third-order valence-corrected chi connectivity index (χ3v) is 1.58. The summed E-state index contributed by atoms with van der Waals surface area (Å²) in [6.07, 6.45) is 1.40. The molecule has 0 bridgehead atoms. The maximum atomic E-state index is 10.6. The molecular weight excluding hydrogens is 118 g/mol. The fraction of sp³-hybridized carbons (Fsp3) is 0.667. The Morgan fingerprint density at radius 3 is 2.56 bits per heavy atom. The molecule has 1 unspecified atom stereocenters. The molecule has 0 radical (unpaired) electrons. The minimum atomic E-state index is -0.216. The standard InChI is InChI=1S/C6H9NO2/c1-5(4-8)7-3-2-6(7)9/h4-5H,2-3H2,1H3. The summed E-state index contributed by atoms with van der Waals surface area (Å²) >= 11 is 0. The van der Waals surface area contributed by atoms with E-state index in [0.717, 1.165) is 12.8 Å². The van der Waals surface area contributed by atoms with Gasteiger partial charge in [0.25, 0.3) is 0 Å². The number of amides is 1. The summed E-state index contributed by atoms with van der Waals surface area (Å²) < 4.78 is 0. The Hall–Kier alpha value is -0.860. The van der Waals surface area contributed by atoms with Crippen LogP contribution >= 0.6 is 0 Å². The summed E-state index contributed by atoms with van der Waals surface area (Å²) in [5.41, 5.74) is 0. The molecule has 1 heterocycles. The van der Waals surface area contributed by atoms with Gasteiger partial charge in [0.05, 0.1) is 6.04 Å². The lowest BCUT2D eigenvalue weighted by molar-refractivity contribution is -0.144. The summed E-state index contributed by atoms with van der Waals surface area (Å²) in [4.78, 5) is 22.3. The third-order valence-electron chi connectivity index (χ3n) is 1.58. The van der Waals surface area contributed by atoms with Crippen LogP contribution in [-0.2, 0) is 9.59 Å². The Bertz CT molecular complexity index is 144. The highest BCUT2D eigenvalue weighted by molar-refractivity contribution is 5.84. The summed E-state index contributed by atoms with van der Waals surface area (Å²) in [7, 11) is 0. The molecule has 9 heavy (non-hydrogen) atoms. The van der Waals surface area contributed by atoms with Gasteiger partial charge < -0.3 is 9.69 Å². The zero-order valence-corrected chi connectivity index (χ0v) is 5.33. The molecule has 1 aliphatic rings. The summed E-state index contributed by atoms with van der Waals surface area (Å²) in [6.45, 7) is 2.48. The minimum absolute atomic E-state index is 0.0922. The number of nitrogens with zero attached hydrogens (tertiary/aromatic N) is 1. The first-order chi connectivity index (χ1) is 4.25. The highest BCUT2D eigenvalue weighted by Gasteiger charge is 2.27. The van der Waals surface area contributed by atoms with Crippen molar-refractivity contribution < 1.29 is 9.59 Å². The molecule has 1 saturated heterocycles. The summed E-state index contributed by atoms with van der Waals surface area (Å²) in [5, 5.41) is 0. The van der Waals surface area contributed by atoms with E-state index in [-0.39, 0.29) is 11.9 Å². The van der Waals surface area contributed by atoms with Crippen LogP contribution in [0.25, 0.3) is 0 Å². The van der Waals surface area contributed by atoms with E-state index in [0.29, 0.717) is 6.42 Å². The average Bonchev–Trinajstić information content (AvgIpc) is 1.84. The van der Waals surface area contributed by atoms with Gasteiger partial charge in [-0.05, 0) is 6.92 Å². The van der Waals surface area contributed by atoms with Crippen LogP contribution in [0, 0.1) is 0 Å². The predicted molar refractivity (Wildman–Crippen MR) is 31.9 cm³/mol. The van der Waals surface area contributed by atoms with Crippen molar-refractivity contribution in [2.75, 3.05) is 6.54 Å². The molecule has 0 aromatic rings. The predicted octanol–water partition coefficient (Wildman–Crippen LogP) is -0.194. The summed E-state index contributed by atoms with van der Waals surface area (Å²) in [6, 6.07) is -0.216. The second-order valence-corrected chi connectivity index (χ2v) is 2.21. The number of carbonyl (C=O) groups excluding carboxylic acids is 2. The monoisotopic (exact) mass is 127 g/mol. The Morgan fingerprint density at radius 2 is 2.44 bits per heavy atom. The Balaban J connectivity index is 2.43. The highest BCUT2D eigenvalue weighted by atomic mass is 16.2. The first kappa shape index (κ1) is 6.26. The SMILES string of the molecule is CC(C=O)N1CCC1=O. The van der Waals surface area contributed by atoms with Crippen molar-refractivity contribution in [3.8, 4) is 0 Å². The second-order valence-electron chi connectivity index (χ2n) is 2.21. The van der Waals surface area contributed by atoms with Crippen molar-refractivity contribution in [3.05, 3.63) is 0 Å². The van der Waals surface area contributed by atoms with E-state index in [2.05, 4.69) is 0 Å².